The average Bonchev–Trinajstić information content (AvgIpc) is 3.37. The number of likely N-dealkylation sites (N-methyl/N-ethyl adjacent to an activating group) is 1. The Bertz CT molecular complexity index is 1090. The standard InChI is InChI=1S/C24H22N2O3S/c1-3-25(17-11-6-5-7-12-17)22-21(20-15-10-16-30-20)23(27)26(24(22)28)18-13-8-9-14-19(18)29-4-2/h5-16H,3-4H2,1-2H3. The second kappa shape index (κ2) is 8.55. The zero-order chi connectivity index (χ0) is 21.1. The molecule has 4 rings (SSSR count). The van der Waals surface area contributed by atoms with Crippen LogP contribution in [0.3, 0.4) is 0 Å². The van der Waals surface area contributed by atoms with Crippen LogP contribution in [0.25, 0.3) is 5.57 Å². The summed E-state index contributed by atoms with van der Waals surface area (Å²) in [6, 6.07) is 20.6. The number of benzene rings is 2. The minimum Gasteiger partial charge on any atom is -0.492 e. The molecular formula is C24H22N2O3S. The quantitative estimate of drug-likeness (QED) is 0.509. The monoisotopic (exact) mass is 418 g/mol. The van der Waals surface area contributed by atoms with E-state index in [1.807, 2.05) is 72.7 Å². The summed E-state index contributed by atoms with van der Waals surface area (Å²) in [4.78, 5) is 31.2. The fourth-order valence-corrected chi connectivity index (χ4v) is 4.39. The second-order valence-electron chi connectivity index (χ2n) is 6.63. The predicted molar refractivity (Wildman–Crippen MR) is 121 cm³/mol. The topological polar surface area (TPSA) is 49.9 Å². The number of imide groups is 1. The summed E-state index contributed by atoms with van der Waals surface area (Å²) >= 11 is 1.45. The number of rotatable bonds is 7. The number of para-hydroxylation sites is 3. The van der Waals surface area contributed by atoms with Gasteiger partial charge in [0.2, 0.25) is 0 Å². The Balaban J connectivity index is 1.88. The van der Waals surface area contributed by atoms with Crippen LogP contribution in [0.2, 0.25) is 0 Å². The lowest BCUT2D eigenvalue weighted by atomic mass is 10.1. The molecule has 6 heteroatoms. The molecule has 0 atom stereocenters. The van der Waals surface area contributed by atoms with Gasteiger partial charge in [-0.15, -0.1) is 11.3 Å². The molecule has 0 spiro atoms. The number of hydrogen-bond donors (Lipinski definition) is 0. The highest BCUT2D eigenvalue weighted by molar-refractivity contribution is 7.11. The molecule has 1 aromatic heterocycles. The van der Waals surface area contributed by atoms with E-state index in [0.717, 1.165) is 10.6 Å². The molecule has 0 N–H and O–H groups in total. The van der Waals surface area contributed by atoms with Crippen molar-refractivity contribution in [3.05, 3.63) is 82.7 Å². The van der Waals surface area contributed by atoms with E-state index in [1.54, 1.807) is 18.2 Å². The molecule has 1 aliphatic rings. The maximum Gasteiger partial charge on any atom is 0.282 e. The van der Waals surface area contributed by atoms with Crippen molar-refractivity contribution in [3.8, 4) is 5.75 Å². The van der Waals surface area contributed by atoms with Gasteiger partial charge in [-0.05, 0) is 49.6 Å². The fourth-order valence-electron chi connectivity index (χ4n) is 3.63. The van der Waals surface area contributed by atoms with Gasteiger partial charge in [0, 0.05) is 17.1 Å². The molecule has 0 saturated carbocycles. The van der Waals surface area contributed by atoms with Crippen molar-refractivity contribution in [1.82, 2.24) is 0 Å². The van der Waals surface area contributed by atoms with Gasteiger partial charge in [0.05, 0.1) is 17.9 Å². The fraction of sp³-hybridized carbons (Fsp3) is 0.167. The maximum absolute atomic E-state index is 13.7. The van der Waals surface area contributed by atoms with E-state index in [2.05, 4.69) is 0 Å². The Labute approximate surface area is 179 Å². The van der Waals surface area contributed by atoms with Crippen LogP contribution < -0.4 is 14.5 Å². The lowest BCUT2D eigenvalue weighted by Gasteiger charge is -2.25. The van der Waals surface area contributed by atoms with Gasteiger partial charge in [-0.2, -0.15) is 0 Å². The number of carbonyl (C=O) groups excluding carboxylic acids is 2. The summed E-state index contributed by atoms with van der Waals surface area (Å²) < 4.78 is 5.70. The second-order valence-corrected chi connectivity index (χ2v) is 7.57. The molecule has 3 aromatic rings. The SMILES string of the molecule is CCOc1ccccc1N1C(=O)C(c2cccs2)=C(N(CC)c2ccccc2)C1=O. The lowest BCUT2D eigenvalue weighted by molar-refractivity contribution is -0.120. The lowest BCUT2D eigenvalue weighted by Crippen LogP contribution is -2.35. The first-order valence-electron chi connectivity index (χ1n) is 9.88. The molecule has 0 saturated heterocycles. The Morgan fingerprint density at radius 1 is 0.900 bits per heavy atom. The molecule has 30 heavy (non-hydrogen) atoms. The smallest absolute Gasteiger partial charge is 0.282 e. The van der Waals surface area contributed by atoms with Crippen LogP contribution in [0, 0.1) is 0 Å². The van der Waals surface area contributed by atoms with E-state index in [0.29, 0.717) is 35.9 Å². The third-order valence-corrected chi connectivity index (χ3v) is 5.77. The Morgan fingerprint density at radius 3 is 2.30 bits per heavy atom. The highest BCUT2D eigenvalue weighted by Crippen LogP contribution is 2.40. The normalized spacial score (nSPS) is 13.9. The predicted octanol–water partition coefficient (Wildman–Crippen LogP) is 4.96. The largest absolute Gasteiger partial charge is 0.492 e. The van der Waals surface area contributed by atoms with E-state index < -0.39 is 0 Å². The molecule has 5 nitrogen and oxygen atoms in total. The van der Waals surface area contributed by atoms with Gasteiger partial charge < -0.3 is 9.64 Å². The molecule has 2 aromatic carbocycles. The van der Waals surface area contributed by atoms with Gasteiger partial charge in [-0.3, -0.25) is 9.59 Å². The number of hydrogen-bond acceptors (Lipinski definition) is 5. The van der Waals surface area contributed by atoms with E-state index in [-0.39, 0.29) is 11.8 Å². The van der Waals surface area contributed by atoms with Crippen molar-refractivity contribution >= 4 is 40.1 Å². The molecule has 0 fully saturated rings. The zero-order valence-corrected chi connectivity index (χ0v) is 17.7. The van der Waals surface area contributed by atoms with Crippen molar-refractivity contribution in [3.63, 3.8) is 0 Å². The number of thiophene rings is 1. The van der Waals surface area contributed by atoms with Crippen molar-refractivity contribution in [1.29, 1.82) is 0 Å². The van der Waals surface area contributed by atoms with E-state index >= 15 is 0 Å². The van der Waals surface area contributed by atoms with Gasteiger partial charge in [-0.25, -0.2) is 4.90 Å². The Kier molecular flexibility index (Phi) is 5.68. The third kappa shape index (κ3) is 3.39. The maximum atomic E-state index is 13.7. The summed E-state index contributed by atoms with van der Waals surface area (Å²) in [6.07, 6.45) is 0. The van der Waals surface area contributed by atoms with E-state index in [4.69, 9.17) is 4.74 Å². The van der Waals surface area contributed by atoms with Crippen LogP contribution in [0.4, 0.5) is 11.4 Å². The summed E-state index contributed by atoms with van der Waals surface area (Å²) in [5.74, 6) is -0.170. The Hall–Kier alpha value is -3.38. The molecule has 2 heterocycles. The first kappa shape index (κ1) is 19.9. The number of anilines is 2. The van der Waals surface area contributed by atoms with Crippen LogP contribution in [0.1, 0.15) is 18.7 Å². The summed E-state index contributed by atoms with van der Waals surface area (Å²) in [7, 11) is 0. The first-order chi connectivity index (χ1) is 14.7. The summed E-state index contributed by atoms with van der Waals surface area (Å²) in [5, 5.41) is 1.91. The van der Waals surface area contributed by atoms with Gasteiger partial charge in [0.1, 0.15) is 11.4 Å². The first-order valence-corrected chi connectivity index (χ1v) is 10.8. The number of amides is 2. The van der Waals surface area contributed by atoms with Crippen LogP contribution in [0.15, 0.2) is 77.8 Å². The molecule has 0 bridgehead atoms. The van der Waals surface area contributed by atoms with E-state index in [9.17, 15) is 9.59 Å². The minimum atomic E-state index is -0.346. The molecular weight excluding hydrogens is 396 g/mol. The minimum absolute atomic E-state index is 0.334. The number of carbonyl (C=O) groups is 2. The molecule has 0 radical (unpaired) electrons. The summed E-state index contributed by atoms with van der Waals surface area (Å²) in [5.41, 5.74) is 2.14. The molecule has 0 unspecified atom stereocenters. The molecule has 1 aliphatic heterocycles. The zero-order valence-electron chi connectivity index (χ0n) is 16.9. The Morgan fingerprint density at radius 2 is 1.63 bits per heavy atom. The number of nitrogens with zero attached hydrogens (tertiary/aromatic N) is 2. The van der Waals surface area contributed by atoms with Gasteiger partial charge in [0.15, 0.2) is 0 Å². The number of ether oxygens (including phenoxy) is 1. The van der Waals surface area contributed by atoms with Crippen molar-refractivity contribution in [2.45, 2.75) is 13.8 Å². The van der Waals surface area contributed by atoms with Crippen molar-refractivity contribution < 1.29 is 14.3 Å². The molecule has 2 amide bonds. The van der Waals surface area contributed by atoms with Crippen LogP contribution in [-0.2, 0) is 9.59 Å². The highest BCUT2D eigenvalue weighted by Gasteiger charge is 2.43. The van der Waals surface area contributed by atoms with Gasteiger partial charge >= 0.3 is 0 Å². The van der Waals surface area contributed by atoms with Crippen LogP contribution >= 0.6 is 11.3 Å². The van der Waals surface area contributed by atoms with Gasteiger partial charge in [-0.1, -0.05) is 36.4 Å². The molecule has 0 aliphatic carbocycles. The van der Waals surface area contributed by atoms with Crippen LogP contribution in [-0.4, -0.2) is 25.0 Å². The van der Waals surface area contributed by atoms with Crippen LogP contribution in [0.5, 0.6) is 5.75 Å². The van der Waals surface area contributed by atoms with Crippen molar-refractivity contribution in [2.75, 3.05) is 23.0 Å². The van der Waals surface area contributed by atoms with Gasteiger partial charge in [0.25, 0.3) is 11.8 Å². The van der Waals surface area contributed by atoms with Crippen molar-refractivity contribution in [2.24, 2.45) is 0 Å². The average molecular weight is 419 g/mol. The van der Waals surface area contributed by atoms with E-state index in [1.165, 1.54) is 16.2 Å². The third-order valence-electron chi connectivity index (χ3n) is 4.89. The summed E-state index contributed by atoms with van der Waals surface area (Å²) in [6.45, 7) is 4.84. The highest BCUT2D eigenvalue weighted by atomic mass is 32.1. The molecule has 152 valence electrons.